The number of aryl methyl sites for hydroxylation is 1. The molecule has 0 atom stereocenters. The highest BCUT2D eigenvalue weighted by Crippen LogP contribution is 2.28. The highest BCUT2D eigenvalue weighted by molar-refractivity contribution is 7.99. The van der Waals surface area contributed by atoms with Gasteiger partial charge in [-0.25, -0.2) is 9.82 Å². The third-order valence-electron chi connectivity index (χ3n) is 4.59. The summed E-state index contributed by atoms with van der Waals surface area (Å²) in [5.41, 5.74) is 5.69. The Labute approximate surface area is 189 Å². The second-order valence-electron chi connectivity index (χ2n) is 6.95. The van der Waals surface area contributed by atoms with E-state index in [2.05, 4.69) is 20.7 Å². The first kappa shape index (κ1) is 21.5. The standard InChI is InChI=1S/C24H20FN5OS/c1-17-11-13-20(14-12-17)30-23(18-7-3-2-4-8-18)28-29-24(30)32-16-22(31)27-26-15-19-9-5-6-10-21(19)25/h2-15H,16H2,1H3,(H,27,31). The zero-order valence-corrected chi connectivity index (χ0v) is 18.1. The first-order chi connectivity index (χ1) is 15.6. The molecule has 160 valence electrons. The van der Waals surface area contributed by atoms with Gasteiger partial charge in [-0.05, 0) is 25.1 Å². The monoisotopic (exact) mass is 445 g/mol. The Morgan fingerprint density at radius 2 is 1.75 bits per heavy atom. The van der Waals surface area contributed by atoms with Crippen LogP contribution in [0.2, 0.25) is 0 Å². The summed E-state index contributed by atoms with van der Waals surface area (Å²) in [7, 11) is 0. The normalized spacial score (nSPS) is 11.1. The zero-order chi connectivity index (χ0) is 22.3. The van der Waals surface area contributed by atoms with Crippen molar-refractivity contribution in [3.05, 3.63) is 95.8 Å². The highest BCUT2D eigenvalue weighted by atomic mass is 32.2. The fourth-order valence-corrected chi connectivity index (χ4v) is 3.72. The van der Waals surface area contributed by atoms with Crippen molar-refractivity contribution in [1.29, 1.82) is 0 Å². The molecule has 0 unspecified atom stereocenters. The largest absolute Gasteiger partial charge is 0.272 e. The minimum atomic E-state index is -0.403. The number of rotatable bonds is 7. The molecule has 3 aromatic carbocycles. The van der Waals surface area contributed by atoms with Crippen molar-refractivity contribution in [3.63, 3.8) is 0 Å². The molecule has 1 heterocycles. The first-order valence-electron chi connectivity index (χ1n) is 9.89. The van der Waals surface area contributed by atoms with Crippen LogP contribution in [0.1, 0.15) is 11.1 Å². The number of nitrogens with zero attached hydrogens (tertiary/aromatic N) is 4. The van der Waals surface area contributed by atoms with Gasteiger partial charge in [0.05, 0.1) is 12.0 Å². The van der Waals surface area contributed by atoms with Crippen molar-refractivity contribution in [2.75, 3.05) is 5.75 Å². The van der Waals surface area contributed by atoms with E-state index in [-0.39, 0.29) is 11.7 Å². The maximum atomic E-state index is 13.6. The van der Waals surface area contributed by atoms with Gasteiger partial charge in [0.15, 0.2) is 11.0 Å². The second kappa shape index (κ2) is 10.0. The van der Waals surface area contributed by atoms with Crippen LogP contribution in [0.25, 0.3) is 17.1 Å². The van der Waals surface area contributed by atoms with Crippen LogP contribution in [0.4, 0.5) is 4.39 Å². The molecule has 1 aromatic heterocycles. The summed E-state index contributed by atoms with van der Waals surface area (Å²) in [5, 5.41) is 13.1. The minimum absolute atomic E-state index is 0.0768. The van der Waals surface area contributed by atoms with Gasteiger partial charge in [-0.2, -0.15) is 5.10 Å². The summed E-state index contributed by atoms with van der Waals surface area (Å²) in [6, 6.07) is 24.0. The molecule has 0 fully saturated rings. The van der Waals surface area contributed by atoms with Gasteiger partial charge in [-0.1, -0.05) is 78.0 Å². The van der Waals surface area contributed by atoms with Gasteiger partial charge in [0.2, 0.25) is 0 Å². The van der Waals surface area contributed by atoms with E-state index in [4.69, 9.17) is 0 Å². The molecular formula is C24H20FN5OS. The molecule has 1 amide bonds. The molecule has 0 saturated heterocycles. The van der Waals surface area contributed by atoms with E-state index in [9.17, 15) is 9.18 Å². The van der Waals surface area contributed by atoms with E-state index in [1.165, 1.54) is 24.0 Å². The van der Waals surface area contributed by atoms with Gasteiger partial charge in [0.25, 0.3) is 5.91 Å². The lowest BCUT2D eigenvalue weighted by Gasteiger charge is -2.10. The van der Waals surface area contributed by atoms with Crippen molar-refractivity contribution >= 4 is 23.9 Å². The molecular weight excluding hydrogens is 425 g/mol. The smallest absolute Gasteiger partial charge is 0.250 e. The van der Waals surface area contributed by atoms with Gasteiger partial charge >= 0.3 is 0 Å². The van der Waals surface area contributed by atoms with Crippen molar-refractivity contribution in [2.45, 2.75) is 12.1 Å². The average Bonchev–Trinajstić information content (AvgIpc) is 3.24. The molecule has 8 heteroatoms. The highest BCUT2D eigenvalue weighted by Gasteiger charge is 2.17. The summed E-state index contributed by atoms with van der Waals surface area (Å²) in [5.74, 6) is 0.0321. The number of hydrogen-bond donors (Lipinski definition) is 1. The van der Waals surface area contributed by atoms with Crippen LogP contribution in [0.3, 0.4) is 0 Å². The zero-order valence-electron chi connectivity index (χ0n) is 17.3. The Morgan fingerprint density at radius 1 is 1.03 bits per heavy atom. The first-order valence-corrected chi connectivity index (χ1v) is 10.9. The van der Waals surface area contributed by atoms with Crippen LogP contribution >= 0.6 is 11.8 Å². The lowest BCUT2D eigenvalue weighted by molar-refractivity contribution is -0.118. The molecule has 0 aliphatic rings. The number of nitrogens with one attached hydrogen (secondary N) is 1. The van der Waals surface area contributed by atoms with E-state index in [0.29, 0.717) is 16.5 Å². The molecule has 0 bridgehead atoms. The van der Waals surface area contributed by atoms with Crippen molar-refractivity contribution in [2.24, 2.45) is 5.10 Å². The number of hydrazone groups is 1. The van der Waals surface area contributed by atoms with Crippen LogP contribution < -0.4 is 5.43 Å². The molecule has 4 aromatic rings. The molecule has 0 aliphatic heterocycles. The van der Waals surface area contributed by atoms with E-state index in [0.717, 1.165) is 16.8 Å². The Kier molecular flexibility index (Phi) is 6.72. The maximum absolute atomic E-state index is 13.6. The molecule has 32 heavy (non-hydrogen) atoms. The van der Waals surface area contributed by atoms with Gasteiger partial charge in [-0.3, -0.25) is 9.36 Å². The quantitative estimate of drug-likeness (QED) is 0.256. The maximum Gasteiger partial charge on any atom is 0.250 e. The Hall–Kier alpha value is -3.78. The summed E-state index contributed by atoms with van der Waals surface area (Å²) >= 11 is 1.25. The Bertz CT molecular complexity index is 1240. The van der Waals surface area contributed by atoms with Crippen LogP contribution in [0.15, 0.2) is 89.1 Å². The van der Waals surface area contributed by atoms with Gasteiger partial charge in [0, 0.05) is 16.8 Å². The fourth-order valence-electron chi connectivity index (χ4n) is 2.98. The average molecular weight is 446 g/mol. The number of hydrogen-bond acceptors (Lipinski definition) is 5. The molecule has 6 nitrogen and oxygen atoms in total. The number of benzene rings is 3. The van der Waals surface area contributed by atoms with E-state index in [1.54, 1.807) is 18.2 Å². The molecule has 0 saturated carbocycles. The molecule has 0 aliphatic carbocycles. The van der Waals surface area contributed by atoms with Crippen LogP contribution in [-0.2, 0) is 4.79 Å². The minimum Gasteiger partial charge on any atom is -0.272 e. The number of halogens is 1. The third kappa shape index (κ3) is 5.09. The number of amides is 1. The van der Waals surface area contributed by atoms with Gasteiger partial charge in [-0.15, -0.1) is 10.2 Å². The van der Waals surface area contributed by atoms with Crippen LogP contribution in [0, 0.1) is 12.7 Å². The lowest BCUT2D eigenvalue weighted by Crippen LogP contribution is -2.20. The number of aromatic nitrogens is 3. The molecule has 0 spiro atoms. The van der Waals surface area contributed by atoms with Crippen molar-refractivity contribution < 1.29 is 9.18 Å². The number of carbonyl (C=O) groups is 1. The lowest BCUT2D eigenvalue weighted by atomic mass is 10.2. The Balaban J connectivity index is 1.51. The van der Waals surface area contributed by atoms with Gasteiger partial charge < -0.3 is 0 Å². The Morgan fingerprint density at radius 3 is 2.50 bits per heavy atom. The molecule has 4 rings (SSSR count). The van der Waals surface area contributed by atoms with Crippen molar-refractivity contribution in [1.82, 2.24) is 20.2 Å². The summed E-state index contributed by atoms with van der Waals surface area (Å²) in [6.45, 7) is 2.02. The van der Waals surface area contributed by atoms with Crippen LogP contribution in [-0.4, -0.2) is 32.6 Å². The van der Waals surface area contributed by atoms with Crippen LogP contribution in [0.5, 0.6) is 0 Å². The van der Waals surface area contributed by atoms with E-state index >= 15 is 0 Å². The number of thioether (sulfide) groups is 1. The van der Waals surface area contributed by atoms with Crippen molar-refractivity contribution in [3.8, 4) is 17.1 Å². The SMILES string of the molecule is Cc1ccc(-n2c(SCC(=O)NN=Cc3ccccc3F)nnc2-c2ccccc2)cc1. The third-order valence-corrected chi connectivity index (χ3v) is 5.52. The predicted molar refractivity (Wildman–Crippen MR) is 124 cm³/mol. The second-order valence-corrected chi connectivity index (χ2v) is 7.89. The fraction of sp³-hybridized carbons (Fsp3) is 0.0833. The number of carbonyl (C=O) groups excluding carboxylic acids is 1. The molecule has 1 N–H and O–H groups in total. The van der Waals surface area contributed by atoms with E-state index < -0.39 is 5.82 Å². The van der Waals surface area contributed by atoms with Gasteiger partial charge in [0.1, 0.15) is 5.82 Å². The summed E-state index contributed by atoms with van der Waals surface area (Å²) < 4.78 is 15.6. The predicted octanol–water partition coefficient (Wildman–Crippen LogP) is 4.62. The molecule has 0 radical (unpaired) electrons. The summed E-state index contributed by atoms with van der Waals surface area (Å²) in [6.07, 6.45) is 1.28. The summed E-state index contributed by atoms with van der Waals surface area (Å²) in [4.78, 5) is 12.3. The van der Waals surface area contributed by atoms with E-state index in [1.807, 2.05) is 66.1 Å². The topological polar surface area (TPSA) is 72.2 Å².